The number of carbonyl (C=O) groups is 1. The molecule has 0 bridgehead atoms. The molecule has 0 aromatic heterocycles. The molecule has 1 radical (unpaired) electrons. The number of ketones is 1. The lowest BCUT2D eigenvalue weighted by Crippen LogP contribution is -2.07. The second-order valence-electron chi connectivity index (χ2n) is 2.08. The molecule has 0 amide bonds. The van der Waals surface area contributed by atoms with Crippen LogP contribution in [0.5, 0.6) is 0 Å². The largest absolute Gasteiger partial charge is 0.299 e. The zero-order valence-corrected chi connectivity index (χ0v) is 5.31. The van der Waals surface area contributed by atoms with Crippen LogP contribution in [0.2, 0.25) is 0 Å². The van der Waals surface area contributed by atoms with Crippen molar-refractivity contribution >= 4 is 5.78 Å². The molecule has 0 aromatic rings. The van der Waals surface area contributed by atoms with Gasteiger partial charge in [-0.1, -0.05) is 13.8 Å². The minimum atomic E-state index is -0.267. The summed E-state index contributed by atoms with van der Waals surface area (Å²) in [6.07, 6.45) is 0.192. The van der Waals surface area contributed by atoms with E-state index in [1.54, 1.807) is 13.8 Å². The van der Waals surface area contributed by atoms with Crippen LogP contribution in [0.15, 0.2) is 0 Å². The molecule has 0 N–H and O–H groups in total. The Hall–Kier alpha value is -0.370. The van der Waals surface area contributed by atoms with Crippen LogP contribution >= 0.6 is 0 Å². The van der Waals surface area contributed by atoms with Gasteiger partial charge in [0.1, 0.15) is 5.78 Å². The van der Waals surface area contributed by atoms with Gasteiger partial charge in [-0.05, 0) is 0 Å². The van der Waals surface area contributed by atoms with Gasteiger partial charge in [-0.2, -0.15) is 0 Å². The lowest BCUT2D eigenvalue weighted by Gasteiger charge is -1.97. The van der Waals surface area contributed by atoms with Crippen molar-refractivity contribution in [2.45, 2.75) is 20.3 Å². The van der Waals surface area contributed by atoms with Crippen LogP contribution in [0.4, 0.5) is 0 Å². The van der Waals surface area contributed by atoms with Crippen LogP contribution in [0.1, 0.15) is 20.3 Å². The van der Waals surface area contributed by atoms with E-state index < -0.39 is 0 Å². The Morgan fingerprint density at radius 3 is 2.12 bits per heavy atom. The summed E-state index contributed by atoms with van der Waals surface area (Å²) in [5.41, 5.74) is 0. The summed E-state index contributed by atoms with van der Waals surface area (Å²) < 4.78 is 0. The Morgan fingerprint density at radius 1 is 1.50 bits per heavy atom. The van der Waals surface area contributed by atoms with E-state index in [-0.39, 0.29) is 24.7 Å². The van der Waals surface area contributed by atoms with Gasteiger partial charge in [0, 0.05) is 12.3 Å². The third-order valence-corrected chi connectivity index (χ3v) is 0.992. The maximum absolute atomic E-state index is 10.5. The van der Waals surface area contributed by atoms with Crippen LogP contribution < -0.4 is 0 Å². The fourth-order valence-corrected chi connectivity index (χ4v) is 0.389. The molecule has 0 atom stereocenters. The van der Waals surface area contributed by atoms with Crippen molar-refractivity contribution in [3.05, 3.63) is 0 Å². The normalized spacial score (nSPS) is 10.0. The van der Waals surface area contributed by atoms with Crippen LogP contribution in [0, 0.1) is 5.92 Å². The monoisotopic (exact) mass is 115 g/mol. The summed E-state index contributed by atoms with van der Waals surface area (Å²) in [7, 11) is 0. The van der Waals surface area contributed by atoms with E-state index in [4.69, 9.17) is 0 Å². The summed E-state index contributed by atoms with van der Waals surface area (Å²) in [6, 6.07) is 0. The number of hydrogen-bond acceptors (Lipinski definition) is 1. The zero-order valence-electron chi connectivity index (χ0n) is 5.31. The average molecular weight is 115 g/mol. The van der Waals surface area contributed by atoms with E-state index in [9.17, 15) is 9.90 Å². The lowest BCUT2D eigenvalue weighted by molar-refractivity contribution is -0.122. The van der Waals surface area contributed by atoms with Crippen LogP contribution in [0.25, 0.3) is 0 Å². The maximum atomic E-state index is 10.5. The minimum Gasteiger partial charge on any atom is -0.299 e. The third-order valence-electron chi connectivity index (χ3n) is 0.992. The Balaban J connectivity index is 3.33. The van der Waals surface area contributed by atoms with Crippen molar-refractivity contribution in [3.63, 3.8) is 0 Å². The molecule has 8 heavy (non-hydrogen) atoms. The number of Topliss-reactive ketones (excluding diaryl/α,β-unsaturated/α-hetero) is 1. The predicted octanol–water partition coefficient (Wildman–Crippen LogP) is 1.03. The first-order chi connectivity index (χ1) is 3.68. The lowest BCUT2D eigenvalue weighted by atomic mass is 10.1. The summed E-state index contributed by atoms with van der Waals surface area (Å²) in [5.74, 6) is 0.101. The fraction of sp³-hybridized carbons (Fsp3) is 0.833. The first-order valence-corrected chi connectivity index (χ1v) is 2.79. The Kier molecular flexibility index (Phi) is 3.44. The average Bonchev–Trinajstić information content (AvgIpc) is 1.67. The van der Waals surface area contributed by atoms with Crippen molar-refractivity contribution in [1.29, 1.82) is 0 Å². The molecule has 0 aliphatic heterocycles. The molecule has 0 saturated carbocycles. The highest BCUT2D eigenvalue weighted by molar-refractivity contribution is 5.80. The van der Waals surface area contributed by atoms with E-state index in [1.807, 2.05) is 0 Å². The highest BCUT2D eigenvalue weighted by atomic mass is 16.3. The van der Waals surface area contributed by atoms with Gasteiger partial charge in [-0.25, -0.2) is 5.11 Å². The van der Waals surface area contributed by atoms with Gasteiger partial charge < -0.3 is 0 Å². The van der Waals surface area contributed by atoms with Gasteiger partial charge in [0.15, 0.2) is 0 Å². The SMILES string of the molecule is CC(C)C(=O)CC[O]. The summed E-state index contributed by atoms with van der Waals surface area (Å²) in [6.45, 7) is 3.34. The van der Waals surface area contributed by atoms with Gasteiger partial charge in [-0.3, -0.25) is 4.79 Å². The van der Waals surface area contributed by atoms with Crippen molar-refractivity contribution < 1.29 is 9.90 Å². The Bertz CT molecular complexity index is 76.6. The van der Waals surface area contributed by atoms with Gasteiger partial charge in [0.2, 0.25) is 0 Å². The second kappa shape index (κ2) is 3.61. The third kappa shape index (κ3) is 2.75. The highest BCUT2D eigenvalue weighted by Gasteiger charge is 2.04. The molecule has 0 heterocycles. The van der Waals surface area contributed by atoms with Gasteiger partial charge in [-0.15, -0.1) is 0 Å². The van der Waals surface area contributed by atoms with E-state index in [0.717, 1.165) is 0 Å². The van der Waals surface area contributed by atoms with Crippen molar-refractivity contribution in [2.75, 3.05) is 6.61 Å². The standard InChI is InChI=1S/C6H11O2/c1-5(2)6(8)3-4-7/h5H,3-4H2,1-2H3. The topological polar surface area (TPSA) is 37.0 Å². The van der Waals surface area contributed by atoms with E-state index in [1.165, 1.54) is 0 Å². The highest BCUT2D eigenvalue weighted by Crippen LogP contribution is 1.96. The van der Waals surface area contributed by atoms with Gasteiger partial charge in [0.25, 0.3) is 0 Å². The molecule has 0 fully saturated rings. The molecule has 0 aliphatic carbocycles. The van der Waals surface area contributed by atoms with Crippen LogP contribution in [-0.4, -0.2) is 12.4 Å². The first-order valence-electron chi connectivity index (χ1n) is 2.79. The molecule has 2 nitrogen and oxygen atoms in total. The summed E-state index contributed by atoms with van der Waals surface area (Å²) in [4.78, 5) is 10.5. The maximum Gasteiger partial charge on any atom is 0.137 e. The molecule has 0 unspecified atom stereocenters. The molecular formula is C6H11O2. The predicted molar refractivity (Wildman–Crippen MR) is 30.0 cm³/mol. The quantitative estimate of drug-likeness (QED) is 0.541. The van der Waals surface area contributed by atoms with Crippen LogP contribution in [-0.2, 0) is 9.90 Å². The molecule has 47 valence electrons. The molecule has 0 aliphatic rings. The van der Waals surface area contributed by atoms with Crippen molar-refractivity contribution in [2.24, 2.45) is 5.92 Å². The Labute approximate surface area is 49.5 Å². The zero-order chi connectivity index (χ0) is 6.57. The molecule has 0 spiro atoms. The van der Waals surface area contributed by atoms with Crippen LogP contribution in [0.3, 0.4) is 0 Å². The van der Waals surface area contributed by atoms with Gasteiger partial charge >= 0.3 is 0 Å². The van der Waals surface area contributed by atoms with E-state index in [0.29, 0.717) is 0 Å². The molecule has 0 saturated heterocycles. The fourth-order valence-electron chi connectivity index (χ4n) is 0.389. The molecule has 0 aromatic carbocycles. The summed E-state index contributed by atoms with van der Waals surface area (Å²) >= 11 is 0. The molecule has 2 heteroatoms. The molecule has 0 rings (SSSR count). The van der Waals surface area contributed by atoms with E-state index >= 15 is 0 Å². The second-order valence-corrected chi connectivity index (χ2v) is 2.08. The minimum absolute atomic E-state index is 0.0314. The van der Waals surface area contributed by atoms with Crippen molar-refractivity contribution in [1.82, 2.24) is 0 Å². The number of carbonyl (C=O) groups excluding carboxylic acids is 1. The van der Waals surface area contributed by atoms with E-state index in [2.05, 4.69) is 0 Å². The smallest absolute Gasteiger partial charge is 0.137 e. The van der Waals surface area contributed by atoms with Gasteiger partial charge in [0.05, 0.1) is 6.61 Å². The number of rotatable bonds is 3. The first kappa shape index (κ1) is 7.63. The van der Waals surface area contributed by atoms with Crippen molar-refractivity contribution in [3.8, 4) is 0 Å². The summed E-state index contributed by atoms with van der Waals surface area (Å²) in [5, 5.41) is 9.82. The molecular weight excluding hydrogens is 104 g/mol. The number of hydrogen-bond donors (Lipinski definition) is 0. The Morgan fingerprint density at radius 2 is 2.00 bits per heavy atom.